The molecule has 0 spiro atoms. The lowest BCUT2D eigenvalue weighted by Crippen LogP contribution is -2.24. The highest BCUT2D eigenvalue weighted by Crippen LogP contribution is 2.18. The van der Waals surface area contributed by atoms with Gasteiger partial charge in [0, 0.05) is 29.5 Å². The van der Waals surface area contributed by atoms with E-state index in [0.717, 1.165) is 23.7 Å². The Morgan fingerprint density at radius 3 is 2.78 bits per heavy atom. The number of nitrogens with two attached hydrogens (primary N) is 1. The van der Waals surface area contributed by atoms with Crippen molar-refractivity contribution >= 4 is 15.9 Å². The predicted molar refractivity (Wildman–Crippen MR) is 77.4 cm³/mol. The summed E-state index contributed by atoms with van der Waals surface area (Å²) in [6.45, 7) is 0. The van der Waals surface area contributed by atoms with Crippen LogP contribution >= 0.6 is 15.9 Å². The number of benzene rings is 1. The Labute approximate surface area is 116 Å². The van der Waals surface area contributed by atoms with Crippen LogP contribution in [0.2, 0.25) is 0 Å². The minimum Gasteiger partial charge on any atom is -0.327 e. The standard InChI is InChI=1S/C14H18BrN3/c1-18-13(8-9-17-18)7-6-12(16)10-11-4-2-3-5-14(11)15/h2-5,8-9,12H,6-7,10,16H2,1H3. The highest BCUT2D eigenvalue weighted by atomic mass is 79.9. The zero-order valence-electron chi connectivity index (χ0n) is 10.5. The van der Waals surface area contributed by atoms with Gasteiger partial charge < -0.3 is 5.73 Å². The van der Waals surface area contributed by atoms with E-state index >= 15 is 0 Å². The maximum absolute atomic E-state index is 6.19. The van der Waals surface area contributed by atoms with E-state index in [4.69, 9.17) is 5.73 Å². The second-order valence-electron chi connectivity index (χ2n) is 4.54. The number of nitrogens with zero attached hydrogens (tertiary/aromatic N) is 2. The molecule has 0 saturated carbocycles. The van der Waals surface area contributed by atoms with Gasteiger partial charge in [0.15, 0.2) is 0 Å². The summed E-state index contributed by atoms with van der Waals surface area (Å²) < 4.78 is 3.05. The van der Waals surface area contributed by atoms with Crippen LogP contribution in [0.3, 0.4) is 0 Å². The summed E-state index contributed by atoms with van der Waals surface area (Å²) >= 11 is 3.56. The fraction of sp³-hybridized carbons (Fsp3) is 0.357. The first-order valence-electron chi connectivity index (χ1n) is 6.12. The van der Waals surface area contributed by atoms with Crippen molar-refractivity contribution in [3.05, 3.63) is 52.3 Å². The number of halogens is 1. The molecule has 0 aliphatic heterocycles. The molecule has 4 heteroatoms. The minimum absolute atomic E-state index is 0.179. The van der Waals surface area contributed by atoms with Crippen LogP contribution < -0.4 is 5.73 Å². The van der Waals surface area contributed by atoms with E-state index in [0.29, 0.717) is 0 Å². The average molecular weight is 308 g/mol. The average Bonchev–Trinajstić information content (AvgIpc) is 2.75. The largest absolute Gasteiger partial charge is 0.327 e. The summed E-state index contributed by atoms with van der Waals surface area (Å²) in [6.07, 6.45) is 4.68. The monoisotopic (exact) mass is 307 g/mol. The van der Waals surface area contributed by atoms with Crippen molar-refractivity contribution in [1.82, 2.24) is 9.78 Å². The Bertz CT molecular complexity index is 507. The van der Waals surface area contributed by atoms with Gasteiger partial charge in [-0.05, 0) is 37.0 Å². The van der Waals surface area contributed by atoms with Crippen LogP contribution in [0.1, 0.15) is 17.7 Å². The van der Waals surface area contributed by atoms with Gasteiger partial charge in [0.1, 0.15) is 0 Å². The SMILES string of the molecule is Cn1nccc1CCC(N)Cc1ccccc1Br. The summed E-state index contributed by atoms with van der Waals surface area (Å²) in [7, 11) is 1.97. The molecule has 1 aromatic carbocycles. The molecule has 0 amide bonds. The van der Waals surface area contributed by atoms with E-state index in [1.54, 1.807) is 0 Å². The second-order valence-corrected chi connectivity index (χ2v) is 5.39. The molecule has 1 atom stereocenters. The Morgan fingerprint density at radius 2 is 2.11 bits per heavy atom. The Kier molecular flexibility index (Phi) is 4.55. The van der Waals surface area contributed by atoms with E-state index in [-0.39, 0.29) is 6.04 Å². The molecule has 1 unspecified atom stereocenters. The Hall–Kier alpha value is -1.13. The molecule has 2 rings (SSSR count). The molecule has 0 saturated heterocycles. The van der Waals surface area contributed by atoms with E-state index in [1.807, 2.05) is 36.1 Å². The van der Waals surface area contributed by atoms with Crippen molar-refractivity contribution in [2.45, 2.75) is 25.3 Å². The normalized spacial score (nSPS) is 12.6. The van der Waals surface area contributed by atoms with Gasteiger partial charge in [-0.2, -0.15) is 5.10 Å². The summed E-state index contributed by atoms with van der Waals surface area (Å²) in [6, 6.07) is 10.5. The van der Waals surface area contributed by atoms with Crippen molar-refractivity contribution in [3.8, 4) is 0 Å². The molecule has 0 aliphatic rings. The fourth-order valence-corrected chi connectivity index (χ4v) is 2.47. The quantitative estimate of drug-likeness (QED) is 0.923. The third kappa shape index (κ3) is 3.43. The Morgan fingerprint density at radius 1 is 1.33 bits per heavy atom. The van der Waals surface area contributed by atoms with Crippen LogP contribution in [0.15, 0.2) is 41.0 Å². The number of hydrogen-bond acceptors (Lipinski definition) is 2. The molecule has 1 aromatic heterocycles. The smallest absolute Gasteiger partial charge is 0.0492 e. The summed E-state index contributed by atoms with van der Waals surface area (Å²) in [5, 5.41) is 4.16. The number of rotatable bonds is 5. The van der Waals surface area contributed by atoms with Gasteiger partial charge in [0.05, 0.1) is 0 Å². The second kappa shape index (κ2) is 6.16. The van der Waals surface area contributed by atoms with Crippen LogP contribution in [0, 0.1) is 0 Å². The van der Waals surface area contributed by atoms with E-state index in [1.165, 1.54) is 11.3 Å². The summed E-state index contributed by atoms with van der Waals surface area (Å²) in [5.41, 5.74) is 8.70. The highest BCUT2D eigenvalue weighted by Gasteiger charge is 2.08. The lowest BCUT2D eigenvalue weighted by Gasteiger charge is -2.12. The van der Waals surface area contributed by atoms with Crippen LogP contribution in [0.4, 0.5) is 0 Å². The van der Waals surface area contributed by atoms with E-state index in [9.17, 15) is 0 Å². The molecule has 0 fully saturated rings. The summed E-state index contributed by atoms with van der Waals surface area (Å²) in [5.74, 6) is 0. The van der Waals surface area contributed by atoms with Gasteiger partial charge >= 0.3 is 0 Å². The Balaban J connectivity index is 1.88. The fourth-order valence-electron chi connectivity index (χ4n) is 2.03. The van der Waals surface area contributed by atoms with Gasteiger partial charge in [0.2, 0.25) is 0 Å². The molecule has 18 heavy (non-hydrogen) atoms. The molecule has 2 aromatic rings. The number of hydrogen-bond donors (Lipinski definition) is 1. The topological polar surface area (TPSA) is 43.8 Å². The van der Waals surface area contributed by atoms with Crippen molar-refractivity contribution in [2.75, 3.05) is 0 Å². The molecule has 2 N–H and O–H groups in total. The van der Waals surface area contributed by atoms with Gasteiger partial charge in [-0.25, -0.2) is 0 Å². The molecule has 0 aliphatic carbocycles. The first kappa shape index (κ1) is 13.3. The first-order valence-corrected chi connectivity index (χ1v) is 6.92. The van der Waals surface area contributed by atoms with Crippen LogP contribution in [-0.4, -0.2) is 15.8 Å². The summed E-state index contributed by atoms with van der Waals surface area (Å²) in [4.78, 5) is 0. The molecule has 0 radical (unpaired) electrons. The van der Waals surface area contributed by atoms with Crippen LogP contribution in [0.5, 0.6) is 0 Å². The minimum atomic E-state index is 0.179. The zero-order valence-corrected chi connectivity index (χ0v) is 12.1. The molecular weight excluding hydrogens is 290 g/mol. The predicted octanol–water partition coefficient (Wildman–Crippen LogP) is 2.69. The van der Waals surface area contributed by atoms with Crippen molar-refractivity contribution in [1.29, 1.82) is 0 Å². The molecular formula is C14H18BrN3. The molecule has 96 valence electrons. The van der Waals surface area contributed by atoms with E-state index in [2.05, 4.69) is 33.2 Å². The number of aryl methyl sites for hydroxylation is 2. The van der Waals surface area contributed by atoms with Crippen molar-refractivity contribution < 1.29 is 0 Å². The van der Waals surface area contributed by atoms with Crippen molar-refractivity contribution in [2.24, 2.45) is 12.8 Å². The first-order chi connectivity index (χ1) is 8.66. The van der Waals surface area contributed by atoms with E-state index < -0.39 is 0 Å². The lowest BCUT2D eigenvalue weighted by molar-refractivity contribution is 0.585. The molecule has 0 bridgehead atoms. The van der Waals surface area contributed by atoms with Crippen LogP contribution in [0.25, 0.3) is 0 Å². The van der Waals surface area contributed by atoms with Gasteiger partial charge in [0.25, 0.3) is 0 Å². The third-order valence-electron chi connectivity index (χ3n) is 3.13. The maximum Gasteiger partial charge on any atom is 0.0492 e. The van der Waals surface area contributed by atoms with Gasteiger partial charge in [-0.15, -0.1) is 0 Å². The van der Waals surface area contributed by atoms with Gasteiger partial charge in [-0.1, -0.05) is 34.1 Å². The highest BCUT2D eigenvalue weighted by molar-refractivity contribution is 9.10. The van der Waals surface area contributed by atoms with Crippen molar-refractivity contribution in [3.63, 3.8) is 0 Å². The molecule has 1 heterocycles. The maximum atomic E-state index is 6.19. The number of aromatic nitrogens is 2. The zero-order chi connectivity index (χ0) is 13.0. The lowest BCUT2D eigenvalue weighted by atomic mass is 10.0. The van der Waals surface area contributed by atoms with Gasteiger partial charge in [-0.3, -0.25) is 4.68 Å². The molecule has 3 nitrogen and oxygen atoms in total. The van der Waals surface area contributed by atoms with Crippen LogP contribution in [-0.2, 0) is 19.9 Å². The third-order valence-corrected chi connectivity index (χ3v) is 3.91.